The van der Waals surface area contributed by atoms with Crippen molar-refractivity contribution in [2.45, 2.75) is 89.0 Å². The third-order valence-corrected chi connectivity index (χ3v) is 18.3. The van der Waals surface area contributed by atoms with Gasteiger partial charge in [-0.05, 0) is 128 Å². The van der Waals surface area contributed by atoms with Crippen molar-refractivity contribution in [2.24, 2.45) is 5.41 Å². The Labute approximate surface area is 527 Å². The molecule has 2 fully saturated rings. The van der Waals surface area contributed by atoms with Gasteiger partial charge in [0.1, 0.15) is 28.6 Å². The summed E-state index contributed by atoms with van der Waals surface area (Å²) in [6, 6.07) is 24.4. The number of unbranched alkanes of at least 4 members (excludes halogenated alkanes) is 1. The lowest BCUT2D eigenvalue weighted by atomic mass is 9.72. The number of nitro groups is 1. The van der Waals surface area contributed by atoms with Crippen molar-refractivity contribution in [1.82, 2.24) is 24.5 Å². The van der Waals surface area contributed by atoms with Crippen molar-refractivity contribution in [3.63, 3.8) is 0 Å². The molecule has 0 radical (unpaired) electrons. The zero-order valence-corrected chi connectivity index (χ0v) is 52.2. The van der Waals surface area contributed by atoms with Crippen LogP contribution in [-0.4, -0.2) is 161 Å². The molecule has 3 N–H and O–H groups in total. The number of benzene rings is 4. The molecule has 3 amide bonds. The second kappa shape index (κ2) is 29.8. The molecule has 476 valence electrons. The highest BCUT2D eigenvalue weighted by Crippen LogP contribution is 2.44. The topological polar surface area (TPSA) is 271 Å². The number of aromatic nitrogens is 2. The van der Waals surface area contributed by atoms with Gasteiger partial charge in [-0.25, -0.2) is 18.1 Å². The third kappa shape index (κ3) is 16.3. The Morgan fingerprint density at radius 2 is 1.54 bits per heavy atom. The standard InChI is InChI=1S/C66H75ClN8O14S/c1-66(2)22-20-47(55(41-66)44-10-12-48(67)13-11-44)43-72-25-27-73(28-26-72)49-14-17-53(60(38-49)89-51-37-46-21-24-69-62(46)70-42-51)63(78)71-90(83,84)52-16-18-56(58(40-52)75(81)82)68-23-3-4-29-85-31-33-87-35-36-88-34-32-86-30-6-8-45-7-5-9-54-61(45)65(80)74(64(54)79)57-19-15-50(76)39-59(57)77/h5,7,9-14,16-18,21,24,37-38,40,42,57,68H,3-4,6,8,15,19-20,22-23,25-36,39,41,43H2,1-2H3,(H,69,70)(H,71,78). The van der Waals surface area contributed by atoms with E-state index in [0.717, 1.165) is 60.9 Å². The van der Waals surface area contributed by atoms with Crippen molar-refractivity contribution in [3.8, 4) is 11.5 Å². The summed E-state index contributed by atoms with van der Waals surface area (Å²) in [7, 11) is -4.63. The number of nitrogens with zero attached hydrogens (tertiary/aromatic N) is 5. The van der Waals surface area contributed by atoms with Gasteiger partial charge in [-0.1, -0.05) is 55.3 Å². The molecule has 2 aromatic heterocycles. The maximum atomic E-state index is 14.1. The lowest BCUT2D eigenvalue weighted by molar-refractivity contribution is -0.384. The number of halogens is 1. The van der Waals surface area contributed by atoms with Gasteiger partial charge < -0.3 is 38.9 Å². The van der Waals surface area contributed by atoms with Crippen LogP contribution >= 0.6 is 11.6 Å². The van der Waals surface area contributed by atoms with Crippen LogP contribution in [0.4, 0.5) is 17.1 Å². The maximum Gasteiger partial charge on any atom is 0.293 e. The van der Waals surface area contributed by atoms with Crippen LogP contribution in [0.15, 0.2) is 114 Å². The second-order valence-corrected chi connectivity index (χ2v) is 25.8. The van der Waals surface area contributed by atoms with Gasteiger partial charge >= 0.3 is 0 Å². The molecule has 24 heteroatoms. The van der Waals surface area contributed by atoms with Crippen LogP contribution in [0.1, 0.15) is 114 Å². The average molecular weight is 1270 g/mol. The number of nitro benzene ring substituents is 1. The summed E-state index contributed by atoms with van der Waals surface area (Å²) in [5, 5.41) is 16.8. The number of amides is 3. The number of Topliss-reactive ketones (excluding diaryl/α,β-unsaturated/α-hetero) is 2. The van der Waals surface area contributed by atoms with E-state index in [2.05, 4.69) is 55.8 Å². The van der Waals surface area contributed by atoms with Crippen molar-refractivity contribution < 1.29 is 61.0 Å². The first-order valence-electron chi connectivity index (χ1n) is 30.6. The molecule has 1 saturated heterocycles. The van der Waals surface area contributed by atoms with Crippen LogP contribution < -0.4 is 19.7 Å². The first-order chi connectivity index (χ1) is 43.4. The number of ketones is 2. The van der Waals surface area contributed by atoms with Gasteiger partial charge in [-0.2, -0.15) is 0 Å². The summed E-state index contributed by atoms with van der Waals surface area (Å²) in [6.07, 6.45) is 8.76. The molecule has 4 aliphatic rings. The molecule has 2 aliphatic carbocycles. The van der Waals surface area contributed by atoms with Crippen LogP contribution in [0.25, 0.3) is 16.6 Å². The summed E-state index contributed by atoms with van der Waals surface area (Å²) in [6.45, 7) is 11.8. The van der Waals surface area contributed by atoms with E-state index in [1.807, 2.05) is 18.2 Å². The number of piperazine rings is 1. The molecule has 10 rings (SSSR count). The fraction of sp³-hybridized carbons (Fsp3) is 0.424. The number of carbonyl (C=O) groups excluding carboxylic acids is 5. The third-order valence-electron chi connectivity index (χ3n) is 16.7. The predicted molar refractivity (Wildman–Crippen MR) is 339 cm³/mol. The lowest BCUT2D eigenvalue weighted by Gasteiger charge is -2.39. The molecule has 4 aromatic carbocycles. The Morgan fingerprint density at radius 3 is 2.27 bits per heavy atom. The molecule has 90 heavy (non-hydrogen) atoms. The molecule has 1 saturated carbocycles. The van der Waals surface area contributed by atoms with Gasteiger partial charge in [-0.15, -0.1) is 0 Å². The van der Waals surface area contributed by atoms with Crippen molar-refractivity contribution in [3.05, 3.63) is 152 Å². The van der Waals surface area contributed by atoms with E-state index in [0.29, 0.717) is 126 Å². The molecule has 22 nitrogen and oxygen atoms in total. The zero-order chi connectivity index (χ0) is 63.4. The lowest BCUT2D eigenvalue weighted by Crippen LogP contribution is -2.47. The minimum absolute atomic E-state index is 0.0714. The van der Waals surface area contributed by atoms with Gasteiger partial charge in [0.2, 0.25) is 0 Å². The number of pyridine rings is 1. The number of sulfonamides is 1. The number of H-pyrrole nitrogens is 1. The summed E-state index contributed by atoms with van der Waals surface area (Å²) in [5.41, 5.74) is 6.54. The van der Waals surface area contributed by atoms with E-state index in [9.17, 15) is 42.5 Å². The van der Waals surface area contributed by atoms with Gasteiger partial charge in [-0.3, -0.25) is 43.9 Å². The first kappa shape index (κ1) is 65.1. The van der Waals surface area contributed by atoms with Crippen molar-refractivity contribution >= 4 is 84.6 Å². The van der Waals surface area contributed by atoms with E-state index in [1.165, 1.54) is 41.1 Å². The molecule has 6 aromatic rings. The summed E-state index contributed by atoms with van der Waals surface area (Å²) < 4.78 is 58.8. The highest BCUT2D eigenvalue weighted by Gasteiger charge is 2.45. The number of aromatic amines is 1. The van der Waals surface area contributed by atoms with Crippen molar-refractivity contribution in [1.29, 1.82) is 0 Å². The first-order valence-corrected chi connectivity index (χ1v) is 32.4. The number of imide groups is 1. The number of fused-ring (bicyclic) bond motifs is 2. The monoisotopic (exact) mass is 1270 g/mol. The minimum Gasteiger partial charge on any atom is -0.455 e. The average Bonchev–Trinajstić information content (AvgIpc) is 1.66. The Bertz CT molecular complexity index is 3770. The number of ether oxygens (including phenoxy) is 5. The summed E-state index contributed by atoms with van der Waals surface area (Å²) in [4.78, 5) is 89.1. The van der Waals surface area contributed by atoms with Gasteiger partial charge in [0, 0.05) is 93.3 Å². The Hall–Kier alpha value is -7.90. The number of rotatable bonds is 30. The van der Waals surface area contributed by atoms with Crippen LogP contribution in [-0.2, 0) is 45.0 Å². The normalized spacial score (nSPS) is 17.1. The van der Waals surface area contributed by atoms with Gasteiger partial charge in [0.05, 0.1) is 84.8 Å². The second-order valence-electron chi connectivity index (χ2n) is 23.7. The number of nitrogens with one attached hydrogen (secondary N) is 3. The zero-order valence-electron chi connectivity index (χ0n) is 50.6. The molecule has 1 atom stereocenters. The van der Waals surface area contributed by atoms with Crippen LogP contribution in [0.5, 0.6) is 11.5 Å². The molecule has 0 bridgehead atoms. The van der Waals surface area contributed by atoms with E-state index >= 15 is 0 Å². The number of hydrogen-bond acceptors (Lipinski definition) is 18. The van der Waals surface area contributed by atoms with E-state index in [4.69, 9.17) is 35.3 Å². The van der Waals surface area contributed by atoms with Crippen molar-refractivity contribution in [2.75, 3.05) is 102 Å². The highest BCUT2D eigenvalue weighted by molar-refractivity contribution is 7.90. The SMILES string of the molecule is CC1(C)CCC(CN2CCN(c3ccc(C(=O)NS(=O)(=O)c4ccc(NCCCCOCCOCCOCCOCCCc5cccc6c5C(=O)N(C5CCC(=O)CC5=O)C6=O)c([N+](=O)[O-])c4)c(Oc4cnc5[nH]ccc5c4)c3)CC2)=C(c2ccc(Cl)cc2)C1. The number of hydrogen-bond donors (Lipinski definition) is 3. The van der Waals surface area contributed by atoms with Crippen LogP contribution in [0.2, 0.25) is 5.02 Å². The molecular formula is C66H75ClN8O14S. The van der Waals surface area contributed by atoms with Gasteiger partial charge in [0.25, 0.3) is 33.4 Å². The maximum absolute atomic E-state index is 14.1. The Morgan fingerprint density at radius 1 is 0.822 bits per heavy atom. The number of carbonyl (C=O) groups is 5. The minimum atomic E-state index is -4.63. The smallest absolute Gasteiger partial charge is 0.293 e. The van der Waals surface area contributed by atoms with E-state index in [-0.39, 0.29) is 53.0 Å². The molecular weight excluding hydrogens is 1200 g/mol. The summed E-state index contributed by atoms with van der Waals surface area (Å²) in [5.74, 6) is -2.14. The number of allylic oxidation sites excluding steroid dienone is 1. The quantitative estimate of drug-likeness (QED) is 0.0124. The van der Waals surface area contributed by atoms with Gasteiger partial charge in [0.15, 0.2) is 5.78 Å². The largest absolute Gasteiger partial charge is 0.455 e. The van der Waals surface area contributed by atoms with E-state index < -0.39 is 55.1 Å². The Balaban J connectivity index is 0.632. The predicted octanol–water partition coefficient (Wildman–Crippen LogP) is 10.00. The Kier molecular flexibility index (Phi) is 21.6. The van der Waals surface area contributed by atoms with Crippen LogP contribution in [0.3, 0.4) is 0 Å². The fourth-order valence-corrected chi connectivity index (χ4v) is 13.0. The van der Waals surface area contributed by atoms with E-state index in [1.54, 1.807) is 42.6 Å². The number of anilines is 2. The highest BCUT2D eigenvalue weighted by atomic mass is 35.5. The fourth-order valence-electron chi connectivity index (χ4n) is 11.9. The number of aryl methyl sites for hydroxylation is 1. The molecule has 2 aliphatic heterocycles. The molecule has 1 unspecified atom stereocenters. The van der Waals surface area contributed by atoms with Crippen LogP contribution in [0, 0.1) is 15.5 Å². The molecule has 4 heterocycles. The summed E-state index contributed by atoms with van der Waals surface area (Å²) >= 11 is 6.26. The molecule has 0 spiro atoms.